The minimum absolute atomic E-state index is 0.787. The van der Waals surface area contributed by atoms with E-state index in [4.69, 9.17) is 23.2 Å². The summed E-state index contributed by atoms with van der Waals surface area (Å²) < 4.78 is 0.847. The fourth-order valence-electron chi connectivity index (χ4n) is 1.54. The summed E-state index contributed by atoms with van der Waals surface area (Å²) in [4.78, 5) is 1.27. The van der Waals surface area contributed by atoms with E-state index in [1.165, 1.54) is 10.4 Å². The Bertz CT molecular complexity index is 465. The number of benzene rings is 1. The molecule has 2 rings (SSSR count). The largest absolute Gasteiger partial charge is 0.312 e. The number of nitrogens with one attached hydrogen (secondary N) is 1. The van der Waals surface area contributed by atoms with Crippen LogP contribution in [0.1, 0.15) is 10.4 Å². The lowest BCUT2D eigenvalue weighted by molar-refractivity contribution is 0.693. The van der Waals surface area contributed by atoms with Gasteiger partial charge in [-0.3, -0.25) is 0 Å². The van der Waals surface area contributed by atoms with Crippen LogP contribution in [0.5, 0.6) is 0 Å². The molecule has 1 N–H and O–H groups in total. The summed E-state index contributed by atoms with van der Waals surface area (Å²) in [5.74, 6) is 0. The van der Waals surface area contributed by atoms with E-state index < -0.39 is 0 Å². The van der Waals surface area contributed by atoms with Gasteiger partial charge in [-0.25, -0.2) is 0 Å². The fourth-order valence-corrected chi connectivity index (χ4v) is 2.73. The zero-order valence-electron chi connectivity index (χ0n) is 9.25. The van der Waals surface area contributed by atoms with E-state index in [0.29, 0.717) is 0 Å². The van der Waals surface area contributed by atoms with Crippen LogP contribution in [0.3, 0.4) is 0 Å². The van der Waals surface area contributed by atoms with Crippen molar-refractivity contribution in [2.75, 3.05) is 6.54 Å². The van der Waals surface area contributed by atoms with Crippen molar-refractivity contribution in [3.8, 4) is 0 Å². The Labute approximate surface area is 115 Å². The molecule has 1 nitrogen and oxygen atoms in total. The number of thiophene rings is 1. The number of rotatable bonds is 5. The van der Waals surface area contributed by atoms with Crippen LogP contribution < -0.4 is 5.32 Å². The second kappa shape index (κ2) is 6.41. The number of hydrogen-bond acceptors (Lipinski definition) is 2. The molecule has 0 fully saturated rings. The van der Waals surface area contributed by atoms with Gasteiger partial charge in [0.05, 0.1) is 4.34 Å². The van der Waals surface area contributed by atoms with E-state index in [1.807, 2.05) is 18.2 Å². The predicted octanol–water partition coefficient (Wildman–Crippen LogP) is 4.39. The highest BCUT2D eigenvalue weighted by Crippen LogP contribution is 2.20. The summed E-state index contributed by atoms with van der Waals surface area (Å²) in [6, 6.07) is 12.0. The molecule has 0 radical (unpaired) electrons. The van der Waals surface area contributed by atoms with E-state index in [1.54, 1.807) is 11.3 Å². The van der Waals surface area contributed by atoms with Gasteiger partial charge >= 0.3 is 0 Å². The van der Waals surface area contributed by atoms with E-state index >= 15 is 0 Å². The van der Waals surface area contributed by atoms with Crippen molar-refractivity contribution in [3.63, 3.8) is 0 Å². The normalized spacial score (nSPS) is 10.7. The van der Waals surface area contributed by atoms with E-state index in [0.717, 1.165) is 28.9 Å². The minimum atomic E-state index is 0.787. The van der Waals surface area contributed by atoms with Gasteiger partial charge in [0, 0.05) is 16.4 Å². The molecule has 0 unspecified atom stereocenters. The van der Waals surface area contributed by atoms with Gasteiger partial charge < -0.3 is 5.32 Å². The first kappa shape index (κ1) is 12.9. The summed E-state index contributed by atoms with van der Waals surface area (Å²) in [5.41, 5.74) is 1.30. The van der Waals surface area contributed by atoms with E-state index in [2.05, 4.69) is 23.5 Å². The minimum Gasteiger partial charge on any atom is -0.312 e. The molecule has 0 aliphatic heterocycles. The molecular weight excluding hydrogens is 273 g/mol. The summed E-state index contributed by atoms with van der Waals surface area (Å²) in [6.45, 7) is 1.84. The van der Waals surface area contributed by atoms with Crippen LogP contribution in [0.15, 0.2) is 36.4 Å². The molecule has 0 bridgehead atoms. The molecule has 1 heterocycles. The van der Waals surface area contributed by atoms with Crippen LogP contribution in [0.25, 0.3) is 0 Å². The van der Waals surface area contributed by atoms with Crippen LogP contribution in [0.4, 0.5) is 0 Å². The summed E-state index contributed by atoms with van der Waals surface area (Å²) in [5, 5.41) is 4.18. The molecule has 0 spiro atoms. The van der Waals surface area contributed by atoms with Gasteiger partial charge in [-0.2, -0.15) is 0 Å². The molecule has 0 saturated heterocycles. The highest BCUT2D eigenvalue weighted by atomic mass is 35.5. The maximum atomic E-state index is 5.86. The van der Waals surface area contributed by atoms with Gasteiger partial charge in [-0.1, -0.05) is 35.3 Å². The van der Waals surface area contributed by atoms with Crippen LogP contribution >= 0.6 is 34.5 Å². The molecule has 0 aliphatic carbocycles. The molecule has 1 aromatic heterocycles. The summed E-state index contributed by atoms with van der Waals surface area (Å²) in [6.07, 6.45) is 1.01. The number of hydrogen-bond donors (Lipinski definition) is 1. The second-order valence-corrected chi connectivity index (χ2v) is 6.00. The van der Waals surface area contributed by atoms with Gasteiger partial charge in [-0.05, 0) is 42.8 Å². The molecule has 90 valence electrons. The average Bonchev–Trinajstić information content (AvgIpc) is 2.73. The Kier molecular flexibility index (Phi) is 4.86. The Balaban J connectivity index is 1.71. The first-order chi connectivity index (χ1) is 8.24. The predicted molar refractivity (Wildman–Crippen MR) is 76.2 cm³/mol. The highest BCUT2D eigenvalue weighted by Gasteiger charge is 1.97. The lowest BCUT2D eigenvalue weighted by Crippen LogP contribution is -2.15. The van der Waals surface area contributed by atoms with Gasteiger partial charge in [0.15, 0.2) is 0 Å². The summed E-state index contributed by atoms with van der Waals surface area (Å²) >= 11 is 13.3. The second-order valence-electron chi connectivity index (χ2n) is 3.76. The topological polar surface area (TPSA) is 12.0 Å². The zero-order chi connectivity index (χ0) is 12.1. The Morgan fingerprint density at radius 1 is 1.00 bits per heavy atom. The molecular formula is C13H13Cl2NS. The van der Waals surface area contributed by atoms with Crippen molar-refractivity contribution in [3.05, 3.63) is 56.2 Å². The first-order valence-electron chi connectivity index (χ1n) is 5.43. The van der Waals surface area contributed by atoms with Gasteiger partial charge in [0.2, 0.25) is 0 Å². The van der Waals surface area contributed by atoms with E-state index in [9.17, 15) is 0 Å². The Morgan fingerprint density at radius 3 is 2.41 bits per heavy atom. The van der Waals surface area contributed by atoms with Crippen molar-refractivity contribution < 1.29 is 0 Å². The smallest absolute Gasteiger partial charge is 0.0931 e. The van der Waals surface area contributed by atoms with Crippen LogP contribution in [-0.2, 0) is 13.0 Å². The lowest BCUT2D eigenvalue weighted by atomic mass is 10.1. The molecule has 0 aliphatic rings. The quantitative estimate of drug-likeness (QED) is 0.804. The van der Waals surface area contributed by atoms with Crippen molar-refractivity contribution in [1.82, 2.24) is 5.32 Å². The molecule has 0 amide bonds. The van der Waals surface area contributed by atoms with Gasteiger partial charge in [0.1, 0.15) is 0 Å². The SMILES string of the molecule is Clc1ccc(CCNCc2ccc(Cl)s2)cc1. The first-order valence-corrected chi connectivity index (χ1v) is 7.00. The third-order valence-corrected chi connectivity index (χ3v) is 3.91. The highest BCUT2D eigenvalue weighted by molar-refractivity contribution is 7.16. The maximum Gasteiger partial charge on any atom is 0.0931 e. The number of halogens is 2. The third-order valence-electron chi connectivity index (χ3n) is 2.43. The molecule has 0 saturated carbocycles. The molecule has 2 aromatic rings. The van der Waals surface area contributed by atoms with Crippen LogP contribution in [0, 0.1) is 0 Å². The van der Waals surface area contributed by atoms with Crippen LogP contribution in [0.2, 0.25) is 9.36 Å². The zero-order valence-corrected chi connectivity index (χ0v) is 11.6. The Hall–Kier alpha value is -0.540. The monoisotopic (exact) mass is 285 g/mol. The molecule has 0 atom stereocenters. The third kappa shape index (κ3) is 4.32. The standard InChI is InChI=1S/C13H13Cl2NS/c14-11-3-1-10(2-4-11)7-8-16-9-12-5-6-13(15)17-12/h1-6,16H,7-9H2. The van der Waals surface area contributed by atoms with E-state index in [-0.39, 0.29) is 0 Å². The maximum absolute atomic E-state index is 5.86. The molecule has 1 aromatic carbocycles. The van der Waals surface area contributed by atoms with Gasteiger partial charge in [-0.15, -0.1) is 11.3 Å². The van der Waals surface area contributed by atoms with Crippen molar-refractivity contribution in [1.29, 1.82) is 0 Å². The average molecular weight is 286 g/mol. The van der Waals surface area contributed by atoms with Crippen molar-refractivity contribution >= 4 is 34.5 Å². The van der Waals surface area contributed by atoms with Gasteiger partial charge in [0.25, 0.3) is 0 Å². The Morgan fingerprint density at radius 2 is 1.76 bits per heavy atom. The van der Waals surface area contributed by atoms with Crippen LogP contribution in [-0.4, -0.2) is 6.54 Å². The van der Waals surface area contributed by atoms with Crippen molar-refractivity contribution in [2.24, 2.45) is 0 Å². The summed E-state index contributed by atoms with van der Waals surface area (Å²) in [7, 11) is 0. The molecule has 17 heavy (non-hydrogen) atoms. The van der Waals surface area contributed by atoms with Crippen molar-refractivity contribution in [2.45, 2.75) is 13.0 Å². The molecule has 4 heteroatoms. The lowest BCUT2D eigenvalue weighted by Gasteiger charge is -2.03. The fraction of sp³-hybridized carbons (Fsp3) is 0.231.